The van der Waals surface area contributed by atoms with Crippen molar-refractivity contribution in [2.45, 2.75) is 17.2 Å². The molecule has 1 atom stereocenters. The van der Waals surface area contributed by atoms with E-state index in [0.717, 1.165) is 0 Å². The predicted molar refractivity (Wildman–Crippen MR) is 96.2 cm³/mol. The molecule has 0 radical (unpaired) electrons. The Morgan fingerprint density at radius 1 is 1.08 bits per heavy atom. The van der Waals surface area contributed by atoms with E-state index in [1.807, 2.05) is 18.2 Å². The number of amides is 1. The highest BCUT2D eigenvalue weighted by Gasteiger charge is 2.32. The maximum Gasteiger partial charge on any atom is 0.263 e. The molecule has 25 heavy (non-hydrogen) atoms. The SMILES string of the molecule is C[C@H](Oc1ccccc1)C(=O)N1CCN(S(=O)(=O)c2cccs2)CC1. The van der Waals surface area contributed by atoms with Gasteiger partial charge < -0.3 is 9.64 Å². The van der Waals surface area contributed by atoms with Crippen molar-refractivity contribution in [1.82, 2.24) is 9.21 Å². The lowest BCUT2D eigenvalue weighted by Gasteiger charge is -2.34. The molecule has 1 aromatic heterocycles. The summed E-state index contributed by atoms with van der Waals surface area (Å²) < 4.78 is 32.5. The predicted octanol–water partition coefficient (Wildman–Crippen LogP) is 2.05. The van der Waals surface area contributed by atoms with E-state index < -0.39 is 16.1 Å². The average molecular weight is 380 g/mol. The lowest BCUT2D eigenvalue weighted by Crippen LogP contribution is -2.53. The van der Waals surface area contributed by atoms with E-state index in [0.29, 0.717) is 36.1 Å². The molecule has 0 saturated carbocycles. The Kier molecular flexibility index (Phi) is 5.41. The lowest BCUT2D eigenvalue weighted by atomic mass is 10.3. The summed E-state index contributed by atoms with van der Waals surface area (Å²) in [5.74, 6) is 0.513. The van der Waals surface area contributed by atoms with Gasteiger partial charge in [0, 0.05) is 26.2 Å². The van der Waals surface area contributed by atoms with Crippen molar-refractivity contribution in [2.24, 2.45) is 0 Å². The molecule has 1 fully saturated rings. The first-order valence-electron chi connectivity index (χ1n) is 8.02. The molecule has 134 valence electrons. The van der Waals surface area contributed by atoms with Crippen molar-refractivity contribution in [3.05, 3.63) is 47.8 Å². The molecular formula is C17H20N2O4S2. The number of carbonyl (C=O) groups is 1. The molecule has 6 nitrogen and oxygen atoms in total. The first-order chi connectivity index (χ1) is 12.0. The van der Waals surface area contributed by atoms with Gasteiger partial charge in [0.05, 0.1) is 0 Å². The number of carbonyl (C=O) groups excluding carboxylic acids is 1. The second kappa shape index (κ2) is 7.55. The molecule has 1 aliphatic rings. The fourth-order valence-electron chi connectivity index (χ4n) is 2.70. The van der Waals surface area contributed by atoms with E-state index in [9.17, 15) is 13.2 Å². The maximum absolute atomic E-state index is 12.5. The van der Waals surface area contributed by atoms with Gasteiger partial charge in [-0.05, 0) is 30.5 Å². The van der Waals surface area contributed by atoms with E-state index in [2.05, 4.69) is 0 Å². The van der Waals surface area contributed by atoms with Crippen LogP contribution in [0.2, 0.25) is 0 Å². The minimum absolute atomic E-state index is 0.128. The summed E-state index contributed by atoms with van der Waals surface area (Å²) >= 11 is 1.21. The van der Waals surface area contributed by atoms with Gasteiger partial charge in [-0.3, -0.25) is 4.79 Å². The molecule has 2 heterocycles. The normalized spacial score (nSPS) is 17.2. The van der Waals surface area contributed by atoms with Gasteiger partial charge in [-0.2, -0.15) is 4.31 Å². The summed E-state index contributed by atoms with van der Waals surface area (Å²) in [4.78, 5) is 14.2. The zero-order valence-electron chi connectivity index (χ0n) is 13.9. The fourth-order valence-corrected chi connectivity index (χ4v) is 5.26. The van der Waals surface area contributed by atoms with Crippen LogP contribution in [-0.4, -0.2) is 55.8 Å². The van der Waals surface area contributed by atoms with E-state index in [-0.39, 0.29) is 5.91 Å². The standard InChI is InChI=1S/C17H20N2O4S2/c1-14(23-15-6-3-2-4-7-15)17(20)18-9-11-19(12-10-18)25(21,22)16-8-5-13-24-16/h2-8,13-14H,9-12H2,1H3/t14-/m0/s1. The number of ether oxygens (including phenoxy) is 1. The molecule has 3 rings (SSSR count). The number of para-hydroxylation sites is 1. The van der Waals surface area contributed by atoms with Crippen LogP contribution in [0.3, 0.4) is 0 Å². The Hall–Kier alpha value is -1.90. The Bertz CT molecular complexity index is 798. The van der Waals surface area contributed by atoms with Gasteiger partial charge >= 0.3 is 0 Å². The largest absolute Gasteiger partial charge is 0.481 e. The van der Waals surface area contributed by atoms with Crippen LogP contribution < -0.4 is 4.74 Å². The number of hydrogen-bond donors (Lipinski definition) is 0. The number of benzene rings is 1. The molecule has 0 bridgehead atoms. The van der Waals surface area contributed by atoms with E-state index in [4.69, 9.17) is 4.74 Å². The molecular weight excluding hydrogens is 360 g/mol. The Morgan fingerprint density at radius 2 is 1.76 bits per heavy atom. The summed E-state index contributed by atoms with van der Waals surface area (Å²) in [5, 5.41) is 1.75. The molecule has 2 aromatic rings. The second-order valence-electron chi connectivity index (χ2n) is 5.73. The number of nitrogens with zero attached hydrogens (tertiary/aromatic N) is 2. The van der Waals surface area contributed by atoms with E-state index in [1.165, 1.54) is 15.6 Å². The molecule has 0 unspecified atom stereocenters. The molecule has 1 aliphatic heterocycles. The topological polar surface area (TPSA) is 66.9 Å². The van der Waals surface area contributed by atoms with Crippen LogP contribution in [0.25, 0.3) is 0 Å². The van der Waals surface area contributed by atoms with Gasteiger partial charge in [-0.15, -0.1) is 11.3 Å². The number of piperazine rings is 1. The number of thiophene rings is 1. The molecule has 0 aliphatic carbocycles. The minimum atomic E-state index is -3.45. The van der Waals surface area contributed by atoms with Crippen LogP contribution >= 0.6 is 11.3 Å². The van der Waals surface area contributed by atoms with Crippen LogP contribution in [0.1, 0.15) is 6.92 Å². The molecule has 8 heteroatoms. The van der Waals surface area contributed by atoms with Gasteiger partial charge in [0.2, 0.25) is 0 Å². The van der Waals surface area contributed by atoms with Gasteiger partial charge in [0.1, 0.15) is 9.96 Å². The monoisotopic (exact) mass is 380 g/mol. The summed E-state index contributed by atoms with van der Waals surface area (Å²) in [7, 11) is -3.45. The summed E-state index contributed by atoms with van der Waals surface area (Å²) in [6.45, 7) is 3.04. The third-order valence-electron chi connectivity index (χ3n) is 4.04. The lowest BCUT2D eigenvalue weighted by molar-refractivity contribution is -0.139. The van der Waals surface area contributed by atoms with Crippen LogP contribution in [0.4, 0.5) is 0 Å². The Balaban J connectivity index is 1.57. The van der Waals surface area contributed by atoms with Gasteiger partial charge in [0.15, 0.2) is 6.10 Å². The molecule has 1 aromatic carbocycles. The zero-order chi connectivity index (χ0) is 17.9. The first kappa shape index (κ1) is 17.9. The molecule has 1 saturated heterocycles. The number of sulfonamides is 1. The van der Waals surface area contributed by atoms with Crippen LogP contribution in [0.15, 0.2) is 52.1 Å². The van der Waals surface area contributed by atoms with Crippen molar-refractivity contribution in [3.63, 3.8) is 0 Å². The van der Waals surface area contributed by atoms with E-state index >= 15 is 0 Å². The first-order valence-corrected chi connectivity index (χ1v) is 10.3. The minimum Gasteiger partial charge on any atom is -0.481 e. The highest BCUT2D eigenvalue weighted by atomic mass is 32.2. The highest BCUT2D eigenvalue weighted by Crippen LogP contribution is 2.22. The van der Waals surface area contributed by atoms with Gasteiger partial charge in [-0.25, -0.2) is 8.42 Å². The quantitative estimate of drug-likeness (QED) is 0.796. The Morgan fingerprint density at radius 3 is 2.36 bits per heavy atom. The third-order valence-corrected chi connectivity index (χ3v) is 7.32. The molecule has 0 spiro atoms. The van der Waals surface area contributed by atoms with Crippen molar-refractivity contribution in [3.8, 4) is 5.75 Å². The van der Waals surface area contributed by atoms with Crippen molar-refractivity contribution < 1.29 is 17.9 Å². The van der Waals surface area contributed by atoms with Crippen molar-refractivity contribution >= 4 is 27.3 Å². The van der Waals surface area contributed by atoms with Gasteiger partial charge in [0.25, 0.3) is 15.9 Å². The zero-order valence-corrected chi connectivity index (χ0v) is 15.5. The number of rotatable bonds is 5. The van der Waals surface area contributed by atoms with Crippen molar-refractivity contribution in [2.75, 3.05) is 26.2 Å². The van der Waals surface area contributed by atoms with Crippen LogP contribution in [-0.2, 0) is 14.8 Å². The summed E-state index contributed by atoms with van der Waals surface area (Å²) in [6.07, 6.45) is -0.608. The van der Waals surface area contributed by atoms with Crippen LogP contribution in [0.5, 0.6) is 5.75 Å². The summed E-state index contributed by atoms with van der Waals surface area (Å²) in [6, 6.07) is 12.5. The smallest absolute Gasteiger partial charge is 0.263 e. The van der Waals surface area contributed by atoms with E-state index in [1.54, 1.807) is 41.5 Å². The third kappa shape index (κ3) is 4.02. The van der Waals surface area contributed by atoms with Crippen LogP contribution in [0, 0.1) is 0 Å². The molecule has 0 N–H and O–H groups in total. The number of hydrogen-bond acceptors (Lipinski definition) is 5. The highest BCUT2D eigenvalue weighted by molar-refractivity contribution is 7.91. The molecule has 1 amide bonds. The fraction of sp³-hybridized carbons (Fsp3) is 0.353. The average Bonchev–Trinajstić information content (AvgIpc) is 3.17. The maximum atomic E-state index is 12.5. The second-order valence-corrected chi connectivity index (χ2v) is 8.85. The van der Waals surface area contributed by atoms with Crippen molar-refractivity contribution in [1.29, 1.82) is 0 Å². The Labute approximate surface area is 151 Å². The van der Waals surface area contributed by atoms with Gasteiger partial charge in [-0.1, -0.05) is 24.3 Å². The summed E-state index contributed by atoms with van der Waals surface area (Å²) in [5.41, 5.74) is 0.